The molecule has 108 valence electrons. The Morgan fingerprint density at radius 3 is 2.71 bits per heavy atom. The minimum absolute atomic E-state index is 0.737. The highest BCUT2D eigenvalue weighted by atomic mass is 127. The van der Waals surface area contributed by atoms with Gasteiger partial charge in [0, 0.05) is 21.1 Å². The molecule has 0 aliphatic rings. The van der Waals surface area contributed by atoms with Gasteiger partial charge in [0.25, 0.3) is 0 Å². The number of nitrogens with zero attached hydrogens (tertiary/aromatic N) is 1. The highest BCUT2D eigenvalue weighted by Gasteiger charge is 2.10. The summed E-state index contributed by atoms with van der Waals surface area (Å²) in [6.07, 6.45) is 0.990. The monoisotopic (exact) mass is 427 g/mol. The van der Waals surface area contributed by atoms with Gasteiger partial charge in [-0.3, -0.25) is 4.21 Å². The number of aromatic nitrogens is 1. The van der Waals surface area contributed by atoms with Crippen molar-refractivity contribution in [2.45, 2.75) is 10.6 Å². The lowest BCUT2D eigenvalue weighted by Crippen LogP contribution is -1.95. The number of hydrogen-bond donors (Lipinski definition) is 0. The van der Waals surface area contributed by atoms with Crippen molar-refractivity contribution in [2.24, 2.45) is 0 Å². The van der Waals surface area contributed by atoms with Gasteiger partial charge in [-0.1, -0.05) is 52.9 Å². The van der Waals surface area contributed by atoms with Gasteiger partial charge >= 0.3 is 0 Å². The molecule has 3 aromatic rings. The SMILES string of the molecule is O=S(CCCI)c1cc2ccc(-c3ccccc3)nc2s1. The number of alkyl halides is 1. The minimum atomic E-state index is -0.893. The first-order valence-corrected chi connectivity index (χ1v) is 10.3. The molecule has 1 unspecified atom stereocenters. The van der Waals surface area contributed by atoms with Gasteiger partial charge in [0.15, 0.2) is 0 Å². The predicted octanol–water partition coefficient (Wildman–Crippen LogP) is 4.90. The van der Waals surface area contributed by atoms with Crippen LogP contribution in [0.5, 0.6) is 0 Å². The van der Waals surface area contributed by atoms with Crippen molar-refractivity contribution in [2.75, 3.05) is 10.2 Å². The second-order valence-electron chi connectivity index (χ2n) is 4.61. The van der Waals surface area contributed by atoms with Crippen LogP contribution in [0.1, 0.15) is 6.42 Å². The Kier molecular flexibility index (Phi) is 5.03. The largest absolute Gasteiger partial charge is 0.254 e. The van der Waals surface area contributed by atoms with E-state index >= 15 is 0 Å². The summed E-state index contributed by atoms with van der Waals surface area (Å²) in [5, 5.41) is 1.08. The van der Waals surface area contributed by atoms with Crippen LogP contribution in [0.4, 0.5) is 0 Å². The summed E-state index contributed by atoms with van der Waals surface area (Å²) >= 11 is 3.87. The molecule has 0 saturated carbocycles. The number of rotatable bonds is 5. The summed E-state index contributed by atoms with van der Waals surface area (Å²) in [4.78, 5) is 5.68. The molecule has 0 bridgehead atoms. The van der Waals surface area contributed by atoms with Crippen LogP contribution >= 0.6 is 33.9 Å². The van der Waals surface area contributed by atoms with Gasteiger partial charge in [0.2, 0.25) is 0 Å². The van der Waals surface area contributed by atoms with E-state index in [9.17, 15) is 4.21 Å². The summed E-state index contributed by atoms with van der Waals surface area (Å²) in [5.41, 5.74) is 2.08. The van der Waals surface area contributed by atoms with Crippen molar-refractivity contribution in [3.8, 4) is 11.3 Å². The Morgan fingerprint density at radius 2 is 1.95 bits per heavy atom. The summed E-state index contributed by atoms with van der Waals surface area (Å²) in [6, 6.07) is 16.3. The standard InChI is InChI=1S/C16H14INOS2/c17-9-4-10-21(19)15-11-13-7-8-14(18-16(13)20-15)12-5-2-1-3-6-12/h1-3,5-8,11H,4,9-10H2. The topological polar surface area (TPSA) is 30.0 Å². The minimum Gasteiger partial charge on any atom is -0.254 e. The molecule has 0 spiro atoms. The number of benzene rings is 1. The smallest absolute Gasteiger partial charge is 0.125 e. The molecule has 5 heteroatoms. The lowest BCUT2D eigenvalue weighted by molar-refractivity contribution is 0.683. The van der Waals surface area contributed by atoms with Crippen LogP contribution < -0.4 is 0 Å². The summed E-state index contributed by atoms with van der Waals surface area (Å²) in [7, 11) is -0.893. The first kappa shape index (κ1) is 15.1. The fourth-order valence-corrected chi connectivity index (χ4v) is 5.45. The van der Waals surface area contributed by atoms with Crippen molar-refractivity contribution in [1.82, 2.24) is 4.98 Å². The normalized spacial score (nSPS) is 12.6. The third-order valence-corrected chi connectivity index (χ3v) is 6.75. The van der Waals surface area contributed by atoms with E-state index in [-0.39, 0.29) is 0 Å². The van der Waals surface area contributed by atoms with E-state index in [4.69, 9.17) is 4.98 Å². The third kappa shape index (κ3) is 3.52. The third-order valence-electron chi connectivity index (χ3n) is 3.12. The zero-order valence-electron chi connectivity index (χ0n) is 11.3. The lowest BCUT2D eigenvalue weighted by atomic mass is 10.1. The Labute approximate surface area is 144 Å². The lowest BCUT2D eigenvalue weighted by Gasteiger charge is -1.99. The van der Waals surface area contributed by atoms with E-state index < -0.39 is 10.8 Å². The number of pyridine rings is 1. The number of thiophene rings is 1. The van der Waals surface area contributed by atoms with E-state index in [1.807, 2.05) is 30.3 Å². The van der Waals surface area contributed by atoms with Gasteiger partial charge in [-0.05, 0) is 24.6 Å². The maximum atomic E-state index is 12.2. The molecule has 1 aromatic carbocycles. The average molecular weight is 427 g/mol. The Balaban J connectivity index is 1.94. The van der Waals surface area contributed by atoms with Crippen LogP contribution in [0.2, 0.25) is 0 Å². The van der Waals surface area contributed by atoms with Crippen molar-refractivity contribution in [1.29, 1.82) is 0 Å². The fraction of sp³-hybridized carbons (Fsp3) is 0.188. The van der Waals surface area contributed by atoms with Crippen molar-refractivity contribution in [3.63, 3.8) is 0 Å². The molecule has 2 heterocycles. The van der Waals surface area contributed by atoms with Crippen LogP contribution in [0.15, 0.2) is 52.7 Å². The van der Waals surface area contributed by atoms with Crippen molar-refractivity contribution < 1.29 is 4.21 Å². The summed E-state index contributed by atoms with van der Waals surface area (Å²) < 4.78 is 14.2. The van der Waals surface area contributed by atoms with Gasteiger partial charge in [-0.2, -0.15) is 0 Å². The second-order valence-corrected chi connectivity index (χ2v) is 8.52. The van der Waals surface area contributed by atoms with Gasteiger partial charge in [0.1, 0.15) is 4.83 Å². The van der Waals surface area contributed by atoms with Gasteiger partial charge < -0.3 is 0 Å². The first-order valence-electron chi connectivity index (χ1n) is 6.68. The zero-order valence-corrected chi connectivity index (χ0v) is 15.1. The van der Waals surface area contributed by atoms with Crippen molar-refractivity contribution >= 4 is 54.9 Å². The van der Waals surface area contributed by atoms with Gasteiger partial charge in [-0.15, -0.1) is 11.3 Å². The molecule has 0 amide bonds. The Morgan fingerprint density at radius 1 is 1.14 bits per heavy atom. The van der Waals surface area contributed by atoms with E-state index in [1.54, 1.807) is 11.3 Å². The molecule has 1 atom stereocenters. The maximum Gasteiger partial charge on any atom is 0.125 e. The van der Waals surface area contributed by atoms with Gasteiger partial charge in [0.05, 0.1) is 20.7 Å². The molecule has 3 rings (SSSR count). The average Bonchev–Trinajstić information content (AvgIpc) is 2.96. The van der Waals surface area contributed by atoms with Crippen LogP contribution in [0.25, 0.3) is 21.5 Å². The highest BCUT2D eigenvalue weighted by Crippen LogP contribution is 2.29. The van der Waals surface area contributed by atoms with E-state index in [1.165, 1.54) is 0 Å². The Bertz CT molecular complexity index is 770. The molecular weight excluding hydrogens is 413 g/mol. The quantitative estimate of drug-likeness (QED) is 0.429. The predicted molar refractivity (Wildman–Crippen MR) is 99.8 cm³/mol. The molecule has 0 N–H and O–H groups in total. The molecule has 0 aliphatic carbocycles. The first-order chi connectivity index (χ1) is 10.3. The van der Waals surface area contributed by atoms with Crippen LogP contribution in [0, 0.1) is 0 Å². The molecule has 0 fully saturated rings. The Hall–Kier alpha value is -0.790. The fourth-order valence-electron chi connectivity index (χ4n) is 2.06. The number of hydrogen-bond acceptors (Lipinski definition) is 3. The highest BCUT2D eigenvalue weighted by molar-refractivity contribution is 14.1. The molecule has 21 heavy (non-hydrogen) atoms. The molecule has 0 aliphatic heterocycles. The zero-order chi connectivity index (χ0) is 14.7. The number of halogens is 1. The maximum absolute atomic E-state index is 12.2. The summed E-state index contributed by atoms with van der Waals surface area (Å²) in [5.74, 6) is 0.737. The van der Waals surface area contributed by atoms with Crippen LogP contribution in [-0.2, 0) is 10.8 Å². The molecule has 0 radical (unpaired) electrons. The van der Waals surface area contributed by atoms with E-state index in [0.29, 0.717) is 0 Å². The van der Waals surface area contributed by atoms with E-state index in [0.717, 1.165) is 42.3 Å². The van der Waals surface area contributed by atoms with Crippen molar-refractivity contribution in [3.05, 3.63) is 48.5 Å². The van der Waals surface area contributed by atoms with Crippen LogP contribution in [0.3, 0.4) is 0 Å². The summed E-state index contributed by atoms with van der Waals surface area (Å²) in [6.45, 7) is 0. The van der Waals surface area contributed by atoms with Gasteiger partial charge in [-0.25, -0.2) is 4.98 Å². The molecule has 2 nitrogen and oxygen atoms in total. The molecular formula is C16H14INOS2. The van der Waals surface area contributed by atoms with Crippen LogP contribution in [-0.4, -0.2) is 19.4 Å². The molecule has 0 saturated heterocycles. The number of fused-ring (bicyclic) bond motifs is 1. The molecule has 2 aromatic heterocycles. The second kappa shape index (κ2) is 6.98. The van der Waals surface area contributed by atoms with E-state index in [2.05, 4.69) is 40.8 Å².